The molecule has 5 N–H and O–H groups in total. The van der Waals surface area contributed by atoms with Crippen molar-refractivity contribution >= 4 is 16.4 Å². The van der Waals surface area contributed by atoms with Crippen LogP contribution in [-0.2, 0) is 15.4 Å². The fraction of sp³-hybridized carbons (Fsp3) is 0.600. The summed E-state index contributed by atoms with van der Waals surface area (Å²) >= 11 is 0. The standard InChI is InChI=1S/C15H25O3P.H3O4P/c1-10-8-11(14(2,3)4)13(18-19(16)17)12(9-10)15(5,6)7;1-5(2,3)4/h8-9,16-17H,1-7H3;(H3,1,2,3,4). The highest BCUT2D eigenvalue weighted by Gasteiger charge is 2.28. The van der Waals surface area contributed by atoms with Crippen LogP contribution < -0.4 is 4.52 Å². The van der Waals surface area contributed by atoms with Crippen molar-refractivity contribution in [3.8, 4) is 5.75 Å². The molecule has 0 aliphatic heterocycles. The van der Waals surface area contributed by atoms with E-state index in [9.17, 15) is 9.79 Å². The lowest BCUT2D eigenvalue weighted by Gasteiger charge is -2.30. The summed E-state index contributed by atoms with van der Waals surface area (Å²) in [5.41, 5.74) is 2.93. The van der Waals surface area contributed by atoms with E-state index in [-0.39, 0.29) is 10.8 Å². The van der Waals surface area contributed by atoms with E-state index in [2.05, 4.69) is 60.6 Å². The van der Waals surface area contributed by atoms with Crippen LogP contribution in [0.4, 0.5) is 0 Å². The smallest absolute Gasteiger partial charge is 0.426 e. The van der Waals surface area contributed by atoms with Crippen molar-refractivity contribution < 1.29 is 33.6 Å². The van der Waals surface area contributed by atoms with E-state index in [1.807, 2.05) is 0 Å². The first-order valence-corrected chi connectivity index (χ1v) is 9.95. The van der Waals surface area contributed by atoms with Crippen molar-refractivity contribution in [1.82, 2.24) is 0 Å². The van der Waals surface area contributed by atoms with Crippen LogP contribution in [-0.4, -0.2) is 24.5 Å². The third-order valence-electron chi connectivity index (χ3n) is 3.02. The van der Waals surface area contributed by atoms with Crippen molar-refractivity contribution in [2.45, 2.75) is 59.3 Å². The summed E-state index contributed by atoms with van der Waals surface area (Å²) in [7, 11) is -7.05. The van der Waals surface area contributed by atoms with Crippen molar-refractivity contribution in [3.05, 3.63) is 28.8 Å². The molecule has 0 bridgehead atoms. The van der Waals surface area contributed by atoms with Gasteiger partial charge in [0.05, 0.1) is 0 Å². The molecule has 1 aromatic carbocycles. The largest absolute Gasteiger partial charge is 0.466 e. The Morgan fingerprint density at radius 2 is 1.21 bits per heavy atom. The summed E-state index contributed by atoms with van der Waals surface area (Å²) in [4.78, 5) is 40.1. The van der Waals surface area contributed by atoms with Crippen molar-refractivity contribution in [2.24, 2.45) is 0 Å². The molecule has 140 valence electrons. The summed E-state index contributed by atoms with van der Waals surface area (Å²) in [6.45, 7) is 14.6. The summed E-state index contributed by atoms with van der Waals surface area (Å²) in [5, 5.41) is 0. The summed E-state index contributed by atoms with van der Waals surface area (Å²) in [5.74, 6) is 0.613. The van der Waals surface area contributed by atoms with Crippen LogP contribution in [0, 0.1) is 6.92 Å². The third-order valence-corrected chi connectivity index (χ3v) is 3.37. The molecule has 0 amide bonds. The lowest BCUT2D eigenvalue weighted by molar-refractivity contribution is 0.275. The average Bonchev–Trinajstić information content (AvgIpc) is 2.25. The number of hydrogen-bond acceptors (Lipinski definition) is 4. The van der Waals surface area contributed by atoms with Gasteiger partial charge in [-0.1, -0.05) is 59.2 Å². The van der Waals surface area contributed by atoms with Gasteiger partial charge in [-0.2, -0.15) is 0 Å². The van der Waals surface area contributed by atoms with Crippen LogP contribution in [0.25, 0.3) is 0 Å². The molecule has 1 rings (SSSR count). The predicted molar refractivity (Wildman–Crippen MR) is 94.8 cm³/mol. The Morgan fingerprint density at radius 1 is 0.917 bits per heavy atom. The zero-order valence-electron chi connectivity index (χ0n) is 15.1. The minimum Gasteiger partial charge on any atom is -0.426 e. The molecule has 0 unspecified atom stereocenters. The van der Waals surface area contributed by atoms with E-state index in [4.69, 9.17) is 23.8 Å². The zero-order valence-corrected chi connectivity index (χ0v) is 16.9. The first-order chi connectivity index (χ1) is 10.4. The molecule has 1 aromatic rings. The minimum atomic E-state index is -4.64. The van der Waals surface area contributed by atoms with Crippen LogP contribution >= 0.6 is 16.4 Å². The predicted octanol–water partition coefficient (Wildman–Crippen LogP) is 3.25. The molecule has 0 heterocycles. The molecule has 0 fully saturated rings. The van der Waals surface area contributed by atoms with Crippen LogP contribution in [0.3, 0.4) is 0 Å². The Hall–Kier alpha value is -0.520. The summed E-state index contributed by atoms with van der Waals surface area (Å²) < 4.78 is 14.2. The number of benzene rings is 1. The summed E-state index contributed by atoms with van der Waals surface area (Å²) in [6.07, 6.45) is 0. The second-order valence-corrected chi connectivity index (χ2v) is 9.26. The van der Waals surface area contributed by atoms with E-state index in [1.54, 1.807) is 0 Å². The van der Waals surface area contributed by atoms with Gasteiger partial charge >= 0.3 is 16.4 Å². The van der Waals surface area contributed by atoms with E-state index >= 15 is 0 Å². The molecule has 0 saturated carbocycles. The second kappa shape index (κ2) is 8.24. The molecule has 7 nitrogen and oxygen atoms in total. The Labute approximate surface area is 144 Å². The SMILES string of the molecule is Cc1cc(C(C)(C)C)c(OP(O)O)c(C(C)(C)C)c1.O=P(O)(O)O. The maximum atomic E-state index is 9.25. The molecule has 0 aliphatic carbocycles. The Kier molecular flexibility index (Phi) is 8.06. The Morgan fingerprint density at radius 3 is 1.42 bits per heavy atom. The van der Waals surface area contributed by atoms with Gasteiger partial charge < -0.3 is 29.0 Å². The molecule has 0 saturated heterocycles. The summed E-state index contributed by atoms with van der Waals surface area (Å²) in [6, 6.07) is 4.12. The van der Waals surface area contributed by atoms with Gasteiger partial charge in [-0.3, -0.25) is 0 Å². The molecule has 0 atom stereocenters. The highest BCUT2D eigenvalue weighted by Crippen LogP contribution is 2.44. The van der Waals surface area contributed by atoms with Crippen molar-refractivity contribution in [3.63, 3.8) is 0 Å². The van der Waals surface area contributed by atoms with Gasteiger partial charge in [0, 0.05) is 11.1 Å². The van der Waals surface area contributed by atoms with Crippen LogP contribution in [0.15, 0.2) is 12.1 Å². The maximum Gasteiger partial charge on any atom is 0.466 e. The van der Waals surface area contributed by atoms with Crippen molar-refractivity contribution in [1.29, 1.82) is 0 Å². The zero-order chi connectivity index (χ0) is 19.5. The third kappa shape index (κ3) is 9.09. The Bertz CT molecular complexity index is 552. The first kappa shape index (κ1) is 23.5. The van der Waals surface area contributed by atoms with E-state index in [0.29, 0.717) is 5.75 Å². The lowest BCUT2D eigenvalue weighted by Crippen LogP contribution is -2.19. The van der Waals surface area contributed by atoms with Crippen molar-refractivity contribution in [2.75, 3.05) is 0 Å². The molecule has 24 heavy (non-hydrogen) atoms. The fourth-order valence-electron chi connectivity index (χ4n) is 2.07. The first-order valence-electron chi connectivity index (χ1n) is 7.22. The van der Waals surface area contributed by atoms with Gasteiger partial charge in [-0.05, 0) is 17.8 Å². The van der Waals surface area contributed by atoms with Crippen LogP contribution in [0.1, 0.15) is 58.2 Å². The monoisotopic (exact) mass is 382 g/mol. The van der Waals surface area contributed by atoms with E-state index < -0.39 is 16.4 Å². The molecule has 0 aromatic heterocycles. The number of phosphoric acid groups is 1. The lowest BCUT2D eigenvalue weighted by atomic mass is 9.78. The van der Waals surface area contributed by atoms with Gasteiger partial charge in [0.2, 0.25) is 0 Å². The van der Waals surface area contributed by atoms with Gasteiger partial charge in [0.1, 0.15) is 5.75 Å². The normalized spacial score (nSPS) is 12.7. The number of rotatable bonds is 2. The highest BCUT2D eigenvalue weighted by atomic mass is 31.2. The Balaban J connectivity index is 0.000000922. The number of aryl methyl sites for hydroxylation is 1. The molecule has 9 heteroatoms. The topological polar surface area (TPSA) is 127 Å². The van der Waals surface area contributed by atoms with Crippen LogP contribution in [0.5, 0.6) is 5.75 Å². The second-order valence-electron chi connectivity index (χ2n) is 7.55. The maximum absolute atomic E-state index is 9.25. The molecule has 0 radical (unpaired) electrons. The highest BCUT2D eigenvalue weighted by molar-refractivity contribution is 7.45. The van der Waals surface area contributed by atoms with Gasteiger partial charge in [0.25, 0.3) is 0 Å². The van der Waals surface area contributed by atoms with Gasteiger partial charge in [-0.15, -0.1) is 0 Å². The van der Waals surface area contributed by atoms with E-state index in [0.717, 1.165) is 16.7 Å². The quantitative estimate of drug-likeness (QED) is 0.497. The molecular weight excluding hydrogens is 354 g/mol. The fourth-order valence-corrected chi connectivity index (χ4v) is 2.43. The molecular formula is C15H28O7P2. The molecule has 0 spiro atoms. The van der Waals surface area contributed by atoms with E-state index in [1.165, 1.54) is 0 Å². The average molecular weight is 382 g/mol. The number of hydrogen-bond donors (Lipinski definition) is 5. The van der Waals surface area contributed by atoms with Crippen LogP contribution in [0.2, 0.25) is 0 Å². The van der Waals surface area contributed by atoms with Gasteiger partial charge in [-0.25, -0.2) is 4.57 Å². The molecule has 0 aliphatic rings. The van der Waals surface area contributed by atoms with Gasteiger partial charge in [0.15, 0.2) is 0 Å². The minimum absolute atomic E-state index is 0.118.